The van der Waals surface area contributed by atoms with Crippen LogP contribution in [0, 0.1) is 5.82 Å². The van der Waals surface area contributed by atoms with Gasteiger partial charge in [0.05, 0.1) is 12.8 Å². The van der Waals surface area contributed by atoms with Crippen LogP contribution in [0.5, 0.6) is 5.75 Å². The molecule has 7 nitrogen and oxygen atoms in total. The molecule has 0 fully saturated rings. The molecule has 2 aromatic rings. The van der Waals surface area contributed by atoms with Gasteiger partial charge in [-0.05, 0) is 19.1 Å². The Labute approximate surface area is 121 Å². The summed E-state index contributed by atoms with van der Waals surface area (Å²) in [5.74, 6) is -0.760. The molecule has 0 radical (unpaired) electrons. The highest BCUT2D eigenvalue weighted by Gasteiger charge is 2.21. The Kier molecular flexibility index (Phi) is 4.03. The molecule has 114 valence electrons. The Morgan fingerprint density at radius 3 is 2.71 bits per heavy atom. The highest BCUT2D eigenvalue weighted by molar-refractivity contribution is 7.92. The number of ether oxygens (including phenoxy) is 1. The van der Waals surface area contributed by atoms with Gasteiger partial charge in [0, 0.05) is 18.8 Å². The number of nitrogens with one attached hydrogen (secondary N) is 1. The lowest BCUT2D eigenvalue weighted by Gasteiger charge is -2.08. The van der Waals surface area contributed by atoms with Crippen molar-refractivity contribution in [3.05, 3.63) is 30.2 Å². The number of rotatable bonds is 5. The monoisotopic (exact) mass is 314 g/mol. The van der Waals surface area contributed by atoms with Gasteiger partial charge in [-0.25, -0.2) is 12.8 Å². The number of nitrogens with two attached hydrogens (primary N) is 1. The molecule has 1 aromatic carbocycles. The van der Waals surface area contributed by atoms with E-state index in [1.807, 2.05) is 0 Å². The van der Waals surface area contributed by atoms with E-state index in [2.05, 4.69) is 9.82 Å². The number of methoxy groups -OCH3 is 1. The zero-order chi connectivity index (χ0) is 15.6. The summed E-state index contributed by atoms with van der Waals surface area (Å²) >= 11 is 0. The quantitative estimate of drug-likeness (QED) is 0.870. The molecule has 2 rings (SSSR count). The third-order valence-electron chi connectivity index (χ3n) is 2.77. The first kappa shape index (κ1) is 15.1. The number of benzene rings is 1. The normalized spacial score (nSPS) is 11.4. The Hall–Kier alpha value is -2.29. The van der Waals surface area contributed by atoms with E-state index in [0.717, 1.165) is 6.07 Å². The first-order valence-electron chi connectivity index (χ1n) is 6.06. The van der Waals surface area contributed by atoms with Crippen molar-refractivity contribution in [1.29, 1.82) is 0 Å². The fourth-order valence-electron chi connectivity index (χ4n) is 1.73. The van der Waals surface area contributed by atoms with Crippen LogP contribution in [-0.4, -0.2) is 25.3 Å². The van der Waals surface area contributed by atoms with Gasteiger partial charge >= 0.3 is 0 Å². The molecule has 0 aliphatic carbocycles. The molecule has 0 saturated heterocycles. The molecule has 0 atom stereocenters. The summed E-state index contributed by atoms with van der Waals surface area (Å²) in [6.07, 6.45) is 1.32. The number of nitrogens with zero attached hydrogens (tertiary/aromatic N) is 2. The number of nitrogen functional groups attached to an aromatic ring is 1. The van der Waals surface area contributed by atoms with Gasteiger partial charge in [0.1, 0.15) is 4.90 Å². The summed E-state index contributed by atoms with van der Waals surface area (Å²) in [5, 5.41) is 3.86. The number of hydrogen-bond acceptors (Lipinski definition) is 5. The van der Waals surface area contributed by atoms with Crippen LogP contribution in [0.25, 0.3) is 0 Å². The maximum atomic E-state index is 13.6. The summed E-state index contributed by atoms with van der Waals surface area (Å²) in [6.45, 7) is 2.28. The van der Waals surface area contributed by atoms with Gasteiger partial charge in [-0.3, -0.25) is 9.40 Å². The lowest BCUT2D eigenvalue weighted by atomic mass is 10.3. The fourth-order valence-corrected chi connectivity index (χ4v) is 2.85. The zero-order valence-electron chi connectivity index (χ0n) is 11.5. The second-order valence-electron chi connectivity index (χ2n) is 4.19. The van der Waals surface area contributed by atoms with Gasteiger partial charge in [-0.1, -0.05) is 0 Å². The zero-order valence-corrected chi connectivity index (χ0v) is 12.3. The van der Waals surface area contributed by atoms with E-state index in [1.165, 1.54) is 30.1 Å². The number of hydrogen-bond donors (Lipinski definition) is 2. The summed E-state index contributed by atoms with van der Waals surface area (Å²) in [4.78, 5) is -0.152. The van der Waals surface area contributed by atoms with Gasteiger partial charge in [0.2, 0.25) is 0 Å². The molecule has 9 heteroatoms. The van der Waals surface area contributed by atoms with E-state index in [4.69, 9.17) is 10.5 Å². The van der Waals surface area contributed by atoms with Crippen molar-refractivity contribution in [3.63, 3.8) is 0 Å². The Morgan fingerprint density at radius 1 is 1.48 bits per heavy atom. The van der Waals surface area contributed by atoms with Gasteiger partial charge < -0.3 is 10.5 Å². The minimum Gasteiger partial charge on any atom is -0.494 e. The molecule has 0 spiro atoms. The van der Waals surface area contributed by atoms with Gasteiger partial charge in [-0.15, -0.1) is 0 Å². The van der Waals surface area contributed by atoms with Crippen LogP contribution >= 0.6 is 0 Å². The standard InChI is InChI=1S/C12H15FN4O3S/c1-3-17-7-11(12(14)15-17)21(18,19)16-8-4-5-10(20-2)9(13)6-8/h4-7,16H,3H2,1-2H3,(H2,14,15). The first-order chi connectivity index (χ1) is 9.87. The van der Waals surface area contributed by atoms with E-state index in [9.17, 15) is 12.8 Å². The second-order valence-corrected chi connectivity index (χ2v) is 5.84. The molecular formula is C12H15FN4O3S. The smallest absolute Gasteiger partial charge is 0.267 e. The van der Waals surface area contributed by atoms with Crippen LogP contribution in [0.4, 0.5) is 15.9 Å². The van der Waals surface area contributed by atoms with Crippen molar-refractivity contribution in [3.8, 4) is 5.75 Å². The molecule has 0 bridgehead atoms. The molecule has 3 N–H and O–H groups in total. The average molecular weight is 314 g/mol. The van der Waals surface area contributed by atoms with Crippen LogP contribution in [0.3, 0.4) is 0 Å². The van der Waals surface area contributed by atoms with Gasteiger partial charge in [-0.2, -0.15) is 5.10 Å². The minimum absolute atomic E-state index is 0.0243. The van der Waals surface area contributed by atoms with Crippen LogP contribution in [-0.2, 0) is 16.6 Å². The van der Waals surface area contributed by atoms with Crippen molar-refractivity contribution in [2.45, 2.75) is 18.4 Å². The van der Waals surface area contributed by atoms with E-state index in [1.54, 1.807) is 6.92 Å². The third-order valence-corrected chi connectivity index (χ3v) is 4.17. The molecule has 0 aliphatic heterocycles. The molecule has 0 saturated carbocycles. The molecule has 21 heavy (non-hydrogen) atoms. The molecular weight excluding hydrogens is 299 g/mol. The van der Waals surface area contributed by atoms with Crippen LogP contribution in [0.15, 0.2) is 29.3 Å². The second kappa shape index (κ2) is 5.60. The maximum Gasteiger partial charge on any atom is 0.267 e. The summed E-state index contributed by atoms with van der Waals surface area (Å²) < 4.78 is 46.4. The largest absolute Gasteiger partial charge is 0.494 e. The molecule has 0 amide bonds. The Balaban J connectivity index is 2.32. The molecule has 1 heterocycles. The number of halogens is 1. The molecule has 0 aliphatic rings. The summed E-state index contributed by atoms with van der Waals surface area (Å²) in [6, 6.07) is 3.74. The SMILES string of the molecule is CCn1cc(S(=O)(=O)Nc2ccc(OC)c(F)c2)c(N)n1. The average Bonchev–Trinajstić information content (AvgIpc) is 2.81. The van der Waals surface area contributed by atoms with E-state index in [0.29, 0.717) is 6.54 Å². The number of sulfonamides is 1. The van der Waals surface area contributed by atoms with Crippen molar-refractivity contribution >= 4 is 21.5 Å². The van der Waals surface area contributed by atoms with Crippen molar-refractivity contribution < 1.29 is 17.5 Å². The van der Waals surface area contributed by atoms with E-state index >= 15 is 0 Å². The fraction of sp³-hybridized carbons (Fsp3) is 0.250. The Bertz CT molecular complexity index is 758. The summed E-state index contributed by atoms with van der Waals surface area (Å²) in [5.41, 5.74) is 5.65. The van der Waals surface area contributed by atoms with Crippen molar-refractivity contribution in [2.75, 3.05) is 17.6 Å². The number of aromatic nitrogens is 2. The van der Waals surface area contributed by atoms with Crippen LogP contribution in [0.2, 0.25) is 0 Å². The van der Waals surface area contributed by atoms with E-state index < -0.39 is 15.8 Å². The lowest BCUT2D eigenvalue weighted by Crippen LogP contribution is -2.14. The van der Waals surface area contributed by atoms with Gasteiger partial charge in [0.25, 0.3) is 10.0 Å². The highest BCUT2D eigenvalue weighted by atomic mass is 32.2. The summed E-state index contributed by atoms with van der Waals surface area (Å²) in [7, 11) is -2.61. The molecule has 1 aromatic heterocycles. The molecule has 0 unspecified atom stereocenters. The van der Waals surface area contributed by atoms with Crippen molar-refractivity contribution in [1.82, 2.24) is 9.78 Å². The number of anilines is 2. The topological polar surface area (TPSA) is 99.2 Å². The minimum atomic E-state index is -3.94. The van der Waals surface area contributed by atoms with E-state index in [-0.39, 0.29) is 22.2 Å². The van der Waals surface area contributed by atoms with Crippen LogP contribution in [0.1, 0.15) is 6.92 Å². The van der Waals surface area contributed by atoms with Gasteiger partial charge in [0.15, 0.2) is 17.4 Å². The van der Waals surface area contributed by atoms with Crippen molar-refractivity contribution in [2.24, 2.45) is 0 Å². The maximum absolute atomic E-state index is 13.6. The first-order valence-corrected chi connectivity index (χ1v) is 7.55. The Morgan fingerprint density at radius 2 is 2.19 bits per heavy atom. The highest BCUT2D eigenvalue weighted by Crippen LogP contribution is 2.24. The predicted octanol–water partition coefficient (Wildman–Crippen LogP) is 1.43. The number of aryl methyl sites for hydroxylation is 1. The van der Waals surface area contributed by atoms with Crippen LogP contribution < -0.4 is 15.2 Å². The third kappa shape index (κ3) is 3.07. The lowest BCUT2D eigenvalue weighted by molar-refractivity contribution is 0.386. The predicted molar refractivity (Wildman–Crippen MR) is 76.1 cm³/mol.